The Balaban J connectivity index is 1.82. The van der Waals surface area contributed by atoms with Crippen LogP contribution in [0.1, 0.15) is 56.7 Å². The minimum Gasteiger partial charge on any atom is -0.305 e. The molecule has 0 bridgehead atoms. The molecule has 1 aliphatic heterocycles. The van der Waals surface area contributed by atoms with Gasteiger partial charge in [0.1, 0.15) is 5.01 Å². The van der Waals surface area contributed by atoms with Crippen molar-refractivity contribution in [1.82, 2.24) is 15.2 Å². The third-order valence-corrected chi connectivity index (χ3v) is 5.46. The van der Waals surface area contributed by atoms with Crippen LogP contribution >= 0.6 is 11.3 Å². The lowest BCUT2D eigenvalue weighted by molar-refractivity contribution is 0.276. The number of likely N-dealkylation sites (N-methyl/N-ethyl adjacent to an activating group) is 1. The molecule has 2 aliphatic rings. The molecule has 3 rings (SSSR count). The summed E-state index contributed by atoms with van der Waals surface area (Å²) in [4.78, 5) is 7.59. The Morgan fingerprint density at radius 3 is 2.89 bits per heavy atom. The number of nitrogens with one attached hydrogen (secondary N) is 1. The van der Waals surface area contributed by atoms with Crippen LogP contribution in [0.3, 0.4) is 0 Å². The minimum atomic E-state index is 0.120. The van der Waals surface area contributed by atoms with E-state index in [2.05, 4.69) is 36.4 Å². The van der Waals surface area contributed by atoms with E-state index in [0.29, 0.717) is 5.92 Å². The molecule has 0 spiro atoms. The second-order valence-electron chi connectivity index (χ2n) is 6.30. The summed E-state index contributed by atoms with van der Waals surface area (Å²) in [5.74, 6) is 0.532. The normalized spacial score (nSPS) is 28.4. The van der Waals surface area contributed by atoms with Gasteiger partial charge in [0, 0.05) is 24.5 Å². The molecule has 4 heteroatoms. The Morgan fingerprint density at radius 2 is 2.32 bits per heavy atom. The SMILES string of the molecule is CCNC1(c2nc(C(C)C)cs2)CCN(C2CC2)C1. The van der Waals surface area contributed by atoms with E-state index >= 15 is 0 Å². The molecular weight excluding hydrogens is 254 g/mol. The number of likely N-dealkylation sites (tertiary alicyclic amines) is 1. The Hall–Kier alpha value is -0.450. The summed E-state index contributed by atoms with van der Waals surface area (Å²) in [5, 5.41) is 7.30. The highest BCUT2D eigenvalue weighted by Crippen LogP contribution is 2.39. The Kier molecular flexibility index (Phi) is 3.67. The second-order valence-corrected chi connectivity index (χ2v) is 7.15. The molecule has 1 N–H and O–H groups in total. The molecule has 0 radical (unpaired) electrons. The van der Waals surface area contributed by atoms with Crippen LogP contribution in [0.4, 0.5) is 0 Å². The van der Waals surface area contributed by atoms with Crippen LogP contribution in [-0.4, -0.2) is 35.6 Å². The maximum atomic E-state index is 4.93. The van der Waals surface area contributed by atoms with Gasteiger partial charge in [-0.1, -0.05) is 20.8 Å². The molecule has 1 saturated heterocycles. The van der Waals surface area contributed by atoms with Gasteiger partial charge in [-0.25, -0.2) is 4.98 Å². The highest BCUT2D eigenvalue weighted by Gasteiger charge is 2.45. The average molecular weight is 279 g/mol. The van der Waals surface area contributed by atoms with Crippen molar-refractivity contribution in [2.24, 2.45) is 0 Å². The van der Waals surface area contributed by atoms with Crippen molar-refractivity contribution < 1.29 is 0 Å². The quantitative estimate of drug-likeness (QED) is 0.898. The summed E-state index contributed by atoms with van der Waals surface area (Å²) in [6.07, 6.45) is 4.01. The van der Waals surface area contributed by atoms with Gasteiger partial charge in [-0.3, -0.25) is 4.90 Å². The molecule has 0 amide bonds. The van der Waals surface area contributed by atoms with Crippen LogP contribution in [0.25, 0.3) is 0 Å². The summed E-state index contributed by atoms with van der Waals surface area (Å²) in [6, 6.07) is 0.866. The zero-order valence-corrected chi connectivity index (χ0v) is 13.1. The fraction of sp³-hybridized carbons (Fsp3) is 0.800. The zero-order chi connectivity index (χ0) is 13.5. The summed E-state index contributed by atoms with van der Waals surface area (Å²) >= 11 is 1.85. The molecule has 1 atom stereocenters. The van der Waals surface area contributed by atoms with Crippen molar-refractivity contribution in [3.63, 3.8) is 0 Å². The molecule has 1 aromatic rings. The number of thiazole rings is 1. The molecule has 19 heavy (non-hydrogen) atoms. The van der Waals surface area contributed by atoms with E-state index in [1.54, 1.807) is 0 Å². The first kappa shape index (κ1) is 13.5. The van der Waals surface area contributed by atoms with Gasteiger partial charge < -0.3 is 5.32 Å². The first-order valence-electron chi connectivity index (χ1n) is 7.59. The van der Waals surface area contributed by atoms with E-state index in [1.807, 2.05) is 11.3 Å². The lowest BCUT2D eigenvalue weighted by Crippen LogP contribution is -2.45. The van der Waals surface area contributed by atoms with E-state index in [4.69, 9.17) is 4.98 Å². The predicted octanol–water partition coefficient (Wildman–Crippen LogP) is 2.94. The van der Waals surface area contributed by atoms with E-state index in [0.717, 1.165) is 19.1 Å². The third-order valence-electron chi connectivity index (χ3n) is 4.40. The summed E-state index contributed by atoms with van der Waals surface area (Å²) in [7, 11) is 0. The summed E-state index contributed by atoms with van der Waals surface area (Å²) < 4.78 is 0. The third kappa shape index (κ3) is 2.58. The molecule has 0 aromatic carbocycles. The van der Waals surface area contributed by atoms with Crippen molar-refractivity contribution in [1.29, 1.82) is 0 Å². The minimum absolute atomic E-state index is 0.120. The van der Waals surface area contributed by atoms with Crippen LogP contribution in [-0.2, 0) is 5.54 Å². The van der Waals surface area contributed by atoms with Crippen molar-refractivity contribution in [3.05, 3.63) is 16.1 Å². The van der Waals surface area contributed by atoms with E-state index in [-0.39, 0.29) is 5.54 Å². The molecule has 2 heterocycles. The highest BCUT2D eigenvalue weighted by atomic mass is 32.1. The topological polar surface area (TPSA) is 28.2 Å². The van der Waals surface area contributed by atoms with Gasteiger partial charge in [0.05, 0.1) is 11.2 Å². The van der Waals surface area contributed by atoms with Crippen molar-refractivity contribution in [2.75, 3.05) is 19.6 Å². The maximum absolute atomic E-state index is 4.93. The predicted molar refractivity (Wildman–Crippen MR) is 80.8 cm³/mol. The first-order chi connectivity index (χ1) is 9.14. The van der Waals surface area contributed by atoms with Crippen LogP contribution in [0, 0.1) is 0 Å². The van der Waals surface area contributed by atoms with Crippen LogP contribution in [0.2, 0.25) is 0 Å². The fourth-order valence-corrected chi connectivity index (χ4v) is 4.27. The molecule has 1 unspecified atom stereocenters. The monoisotopic (exact) mass is 279 g/mol. The Labute approximate surface area is 120 Å². The van der Waals surface area contributed by atoms with Gasteiger partial charge in [0.25, 0.3) is 0 Å². The largest absolute Gasteiger partial charge is 0.305 e. The lowest BCUT2D eigenvalue weighted by Gasteiger charge is -2.28. The smallest absolute Gasteiger partial charge is 0.114 e. The molecule has 3 nitrogen and oxygen atoms in total. The number of hydrogen-bond donors (Lipinski definition) is 1. The van der Waals surface area contributed by atoms with Crippen LogP contribution in [0.15, 0.2) is 5.38 Å². The average Bonchev–Trinajstić information content (AvgIpc) is 2.94. The van der Waals surface area contributed by atoms with Crippen LogP contribution < -0.4 is 5.32 Å². The van der Waals surface area contributed by atoms with Gasteiger partial charge >= 0.3 is 0 Å². The highest BCUT2D eigenvalue weighted by molar-refractivity contribution is 7.09. The first-order valence-corrected chi connectivity index (χ1v) is 8.47. The number of nitrogens with zero attached hydrogens (tertiary/aromatic N) is 2. The van der Waals surface area contributed by atoms with E-state index < -0.39 is 0 Å². The van der Waals surface area contributed by atoms with Crippen LogP contribution in [0.5, 0.6) is 0 Å². The molecule has 1 aromatic heterocycles. The van der Waals surface area contributed by atoms with E-state index in [1.165, 1.54) is 36.5 Å². The number of hydrogen-bond acceptors (Lipinski definition) is 4. The zero-order valence-electron chi connectivity index (χ0n) is 12.3. The molecule has 1 aliphatic carbocycles. The number of aromatic nitrogens is 1. The summed E-state index contributed by atoms with van der Waals surface area (Å²) in [5.41, 5.74) is 1.37. The standard InChI is InChI=1S/C15H25N3S/c1-4-16-15(7-8-18(10-15)12-5-6-12)14-17-13(9-19-14)11(2)3/h9,11-12,16H,4-8,10H2,1-3H3. The Bertz CT molecular complexity index is 438. The maximum Gasteiger partial charge on any atom is 0.114 e. The van der Waals surface area contributed by atoms with Gasteiger partial charge in [0.2, 0.25) is 0 Å². The van der Waals surface area contributed by atoms with Crippen molar-refractivity contribution in [2.45, 2.75) is 57.5 Å². The Morgan fingerprint density at radius 1 is 1.53 bits per heavy atom. The van der Waals surface area contributed by atoms with Crippen molar-refractivity contribution >= 4 is 11.3 Å². The van der Waals surface area contributed by atoms with Gasteiger partial charge in [-0.15, -0.1) is 11.3 Å². The second kappa shape index (κ2) is 5.15. The number of rotatable bonds is 5. The molecule has 106 valence electrons. The van der Waals surface area contributed by atoms with E-state index in [9.17, 15) is 0 Å². The summed E-state index contributed by atoms with van der Waals surface area (Å²) in [6.45, 7) is 10.1. The molecule has 2 fully saturated rings. The molecular formula is C15H25N3S. The van der Waals surface area contributed by atoms with Gasteiger partial charge in [-0.2, -0.15) is 0 Å². The van der Waals surface area contributed by atoms with Crippen molar-refractivity contribution in [3.8, 4) is 0 Å². The molecule has 1 saturated carbocycles. The lowest BCUT2D eigenvalue weighted by atomic mass is 9.99. The van der Waals surface area contributed by atoms with Gasteiger partial charge in [0.15, 0.2) is 0 Å². The van der Waals surface area contributed by atoms with Gasteiger partial charge in [-0.05, 0) is 31.7 Å². The fourth-order valence-electron chi connectivity index (χ4n) is 3.09.